The van der Waals surface area contributed by atoms with Crippen LogP contribution in [-0.4, -0.2) is 31.6 Å². The van der Waals surface area contributed by atoms with E-state index < -0.39 is 0 Å². The molecule has 0 unspecified atom stereocenters. The van der Waals surface area contributed by atoms with Crippen molar-refractivity contribution in [2.24, 2.45) is 5.92 Å². The van der Waals surface area contributed by atoms with Crippen LogP contribution < -0.4 is 10.6 Å². The highest BCUT2D eigenvalue weighted by atomic mass is 32.1. The van der Waals surface area contributed by atoms with Crippen LogP contribution in [0.2, 0.25) is 0 Å². The van der Waals surface area contributed by atoms with Crippen LogP contribution in [0, 0.1) is 12.8 Å². The maximum Gasteiger partial charge on any atom is 0.261 e. The number of hydrogen-bond donors (Lipinski definition) is 2. The summed E-state index contributed by atoms with van der Waals surface area (Å²) in [6.45, 7) is 6.09. The van der Waals surface area contributed by atoms with E-state index in [1.54, 1.807) is 0 Å². The monoisotopic (exact) mass is 338 g/mol. The van der Waals surface area contributed by atoms with E-state index in [1.165, 1.54) is 11.3 Å². The molecular formula is C17H26N2O3S. The maximum absolute atomic E-state index is 12.2. The summed E-state index contributed by atoms with van der Waals surface area (Å²) in [5, 5.41) is 6.56. The van der Waals surface area contributed by atoms with E-state index in [0.29, 0.717) is 18.0 Å². The Bertz CT molecular complexity index is 538. The Hall–Kier alpha value is -1.40. The van der Waals surface area contributed by atoms with Gasteiger partial charge in [0.1, 0.15) is 0 Å². The Morgan fingerprint density at radius 1 is 1.30 bits per heavy atom. The van der Waals surface area contributed by atoms with Gasteiger partial charge in [-0.3, -0.25) is 9.59 Å². The van der Waals surface area contributed by atoms with Crippen molar-refractivity contribution in [1.82, 2.24) is 5.32 Å². The highest BCUT2D eigenvalue weighted by molar-refractivity contribution is 7.18. The van der Waals surface area contributed by atoms with E-state index in [2.05, 4.69) is 17.6 Å². The van der Waals surface area contributed by atoms with Gasteiger partial charge < -0.3 is 15.4 Å². The average Bonchev–Trinajstić information content (AvgIpc) is 3.30. The first-order valence-electron chi connectivity index (χ1n) is 8.39. The molecule has 0 bridgehead atoms. The van der Waals surface area contributed by atoms with Crippen LogP contribution in [0.4, 0.5) is 5.00 Å². The first kappa shape index (κ1) is 17.9. The Balaban J connectivity index is 1.71. The quantitative estimate of drug-likeness (QED) is 0.643. The van der Waals surface area contributed by atoms with E-state index in [-0.39, 0.29) is 17.7 Å². The van der Waals surface area contributed by atoms with Gasteiger partial charge in [-0.05, 0) is 44.2 Å². The molecule has 1 aromatic rings. The topological polar surface area (TPSA) is 67.4 Å². The summed E-state index contributed by atoms with van der Waals surface area (Å²) in [6, 6.07) is 1.87. The standard InChI is InChI=1S/C17H26N2O3S/c1-3-4-9-22-10-5-8-18-17(21)15-12(2)11-14(23-15)19-16(20)13-6-7-13/h11,13H,3-10H2,1-2H3,(H,18,21)(H,19,20). The van der Waals surface area contributed by atoms with Crippen LogP contribution in [0.15, 0.2) is 6.07 Å². The van der Waals surface area contributed by atoms with Crippen molar-refractivity contribution in [2.45, 2.75) is 46.0 Å². The summed E-state index contributed by atoms with van der Waals surface area (Å²) in [5.74, 6) is 0.165. The summed E-state index contributed by atoms with van der Waals surface area (Å²) in [6.07, 6.45) is 4.98. The molecule has 128 valence electrons. The molecule has 0 saturated heterocycles. The van der Waals surface area contributed by atoms with E-state index in [1.807, 2.05) is 13.0 Å². The molecule has 2 N–H and O–H groups in total. The summed E-state index contributed by atoms with van der Waals surface area (Å²) >= 11 is 1.34. The van der Waals surface area contributed by atoms with Crippen LogP contribution in [0.25, 0.3) is 0 Å². The average molecular weight is 338 g/mol. The number of carbonyl (C=O) groups is 2. The van der Waals surface area contributed by atoms with Gasteiger partial charge in [-0.15, -0.1) is 11.3 Å². The predicted octanol–water partition coefficient (Wildman–Crippen LogP) is 3.34. The summed E-state index contributed by atoms with van der Waals surface area (Å²) in [7, 11) is 0. The predicted molar refractivity (Wildman–Crippen MR) is 93.1 cm³/mol. The zero-order chi connectivity index (χ0) is 16.7. The van der Waals surface area contributed by atoms with E-state index in [4.69, 9.17) is 4.74 Å². The van der Waals surface area contributed by atoms with Crippen LogP contribution in [0.1, 0.15) is 54.3 Å². The van der Waals surface area contributed by atoms with Gasteiger partial charge in [0.05, 0.1) is 9.88 Å². The number of carbonyl (C=O) groups excluding carboxylic acids is 2. The minimum atomic E-state index is -0.0759. The minimum absolute atomic E-state index is 0.0717. The molecule has 1 aliphatic rings. The molecule has 5 nitrogen and oxygen atoms in total. The number of thiophene rings is 1. The van der Waals surface area contributed by atoms with E-state index in [0.717, 1.165) is 49.3 Å². The lowest BCUT2D eigenvalue weighted by Crippen LogP contribution is -2.25. The lowest BCUT2D eigenvalue weighted by Gasteiger charge is -2.05. The SMILES string of the molecule is CCCCOCCCNC(=O)c1sc(NC(=O)C2CC2)cc1C. The van der Waals surface area contributed by atoms with Crippen LogP contribution in [0.3, 0.4) is 0 Å². The summed E-state index contributed by atoms with van der Waals surface area (Å²) in [4.78, 5) is 24.6. The lowest BCUT2D eigenvalue weighted by atomic mass is 10.2. The van der Waals surface area contributed by atoms with Gasteiger partial charge in [0, 0.05) is 25.7 Å². The van der Waals surface area contributed by atoms with Gasteiger partial charge in [-0.1, -0.05) is 13.3 Å². The molecule has 2 rings (SSSR count). The molecule has 0 radical (unpaired) electrons. The smallest absolute Gasteiger partial charge is 0.261 e. The van der Waals surface area contributed by atoms with Gasteiger partial charge in [-0.25, -0.2) is 0 Å². The van der Waals surface area contributed by atoms with Crippen molar-refractivity contribution in [2.75, 3.05) is 25.1 Å². The number of amides is 2. The van der Waals surface area contributed by atoms with Gasteiger partial charge in [0.15, 0.2) is 0 Å². The molecule has 23 heavy (non-hydrogen) atoms. The third kappa shape index (κ3) is 5.95. The molecular weight excluding hydrogens is 312 g/mol. The lowest BCUT2D eigenvalue weighted by molar-refractivity contribution is -0.117. The maximum atomic E-state index is 12.2. The molecule has 0 spiro atoms. The van der Waals surface area contributed by atoms with Gasteiger partial charge in [0.25, 0.3) is 5.91 Å². The third-order valence-electron chi connectivity index (χ3n) is 3.71. The number of anilines is 1. The Morgan fingerprint density at radius 3 is 2.74 bits per heavy atom. The molecule has 0 aliphatic heterocycles. The van der Waals surface area contributed by atoms with Gasteiger partial charge >= 0.3 is 0 Å². The molecule has 2 amide bonds. The Labute approximate surface area is 141 Å². The second-order valence-corrected chi connectivity index (χ2v) is 7.01. The number of nitrogens with one attached hydrogen (secondary N) is 2. The van der Waals surface area contributed by atoms with Crippen molar-refractivity contribution < 1.29 is 14.3 Å². The molecule has 1 aromatic heterocycles. The molecule has 1 fully saturated rings. The van der Waals surface area contributed by atoms with Crippen LogP contribution in [0.5, 0.6) is 0 Å². The van der Waals surface area contributed by atoms with Gasteiger partial charge in [-0.2, -0.15) is 0 Å². The fourth-order valence-corrected chi connectivity index (χ4v) is 3.14. The zero-order valence-corrected chi connectivity index (χ0v) is 14.8. The highest BCUT2D eigenvalue weighted by Crippen LogP contribution is 2.32. The fraction of sp³-hybridized carbons (Fsp3) is 0.647. The largest absolute Gasteiger partial charge is 0.381 e. The van der Waals surface area contributed by atoms with Crippen LogP contribution in [-0.2, 0) is 9.53 Å². The molecule has 1 aliphatic carbocycles. The van der Waals surface area contributed by atoms with E-state index >= 15 is 0 Å². The normalized spacial score (nSPS) is 13.8. The second-order valence-electron chi connectivity index (χ2n) is 5.96. The molecule has 0 aromatic carbocycles. The molecule has 1 heterocycles. The first-order valence-corrected chi connectivity index (χ1v) is 9.20. The molecule has 0 atom stereocenters. The van der Waals surface area contributed by atoms with Crippen molar-refractivity contribution in [1.29, 1.82) is 0 Å². The number of hydrogen-bond acceptors (Lipinski definition) is 4. The Morgan fingerprint density at radius 2 is 2.04 bits per heavy atom. The van der Waals surface area contributed by atoms with Crippen molar-refractivity contribution in [3.05, 3.63) is 16.5 Å². The zero-order valence-electron chi connectivity index (χ0n) is 13.9. The minimum Gasteiger partial charge on any atom is -0.381 e. The number of unbranched alkanes of at least 4 members (excludes halogenated alkanes) is 1. The van der Waals surface area contributed by atoms with Crippen molar-refractivity contribution in [3.63, 3.8) is 0 Å². The molecule has 1 saturated carbocycles. The summed E-state index contributed by atoms with van der Waals surface area (Å²) < 4.78 is 5.47. The summed E-state index contributed by atoms with van der Waals surface area (Å²) in [5.41, 5.74) is 0.901. The van der Waals surface area contributed by atoms with E-state index in [9.17, 15) is 9.59 Å². The van der Waals surface area contributed by atoms with Gasteiger partial charge in [0.2, 0.25) is 5.91 Å². The van der Waals surface area contributed by atoms with Crippen molar-refractivity contribution >= 4 is 28.2 Å². The fourth-order valence-electron chi connectivity index (χ4n) is 2.14. The third-order valence-corrected chi connectivity index (χ3v) is 4.86. The second kappa shape index (κ2) is 9.03. The first-order chi connectivity index (χ1) is 11.1. The van der Waals surface area contributed by atoms with Crippen molar-refractivity contribution in [3.8, 4) is 0 Å². The Kier molecular flexibility index (Phi) is 7.05. The number of rotatable bonds is 10. The van der Waals surface area contributed by atoms with Crippen LogP contribution >= 0.6 is 11.3 Å². The molecule has 6 heteroatoms. The number of ether oxygens (including phenoxy) is 1. The number of aryl methyl sites for hydroxylation is 1. The highest BCUT2D eigenvalue weighted by Gasteiger charge is 2.30.